The Morgan fingerprint density at radius 2 is 1.89 bits per heavy atom. The standard InChI is InChI=1S/C14H16ClN3/c1-8(2)14-17-12(10(4)13(15)18-14)11-7-16-6-5-9(11)3/h5-8H,1-4H3. The molecule has 18 heavy (non-hydrogen) atoms. The van der Waals surface area contributed by atoms with Crippen LogP contribution in [0.15, 0.2) is 18.5 Å². The molecule has 0 unspecified atom stereocenters. The van der Waals surface area contributed by atoms with Crippen LogP contribution < -0.4 is 0 Å². The number of hydrogen-bond acceptors (Lipinski definition) is 3. The van der Waals surface area contributed by atoms with Crippen LogP contribution in [0.5, 0.6) is 0 Å². The topological polar surface area (TPSA) is 38.7 Å². The molecule has 3 nitrogen and oxygen atoms in total. The molecular formula is C14H16ClN3. The van der Waals surface area contributed by atoms with Crippen LogP contribution in [0, 0.1) is 13.8 Å². The van der Waals surface area contributed by atoms with E-state index in [0.29, 0.717) is 5.15 Å². The van der Waals surface area contributed by atoms with Crippen molar-refractivity contribution in [3.63, 3.8) is 0 Å². The monoisotopic (exact) mass is 261 g/mol. The Bertz CT molecular complexity index is 579. The quantitative estimate of drug-likeness (QED) is 0.769. The van der Waals surface area contributed by atoms with Gasteiger partial charge in [-0.15, -0.1) is 0 Å². The maximum Gasteiger partial charge on any atom is 0.136 e. The van der Waals surface area contributed by atoms with Gasteiger partial charge in [-0.3, -0.25) is 4.98 Å². The Hall–Kier alpha value is -1.48. The van der Waals surface area contributed by atoms with Crippen molar-refractivity contribution in [2.75, 3.05) is 0 Å². The molecule has 2 aromatic rings. The molecule has 0 radical (unpaired) electrons. The molecule has 0 fully saturated rings. The van der Waals surface area contributed by atoms with Crippen molar-refractivity contribution in [3.8, 4) is 11.3 Å². The number of nitrogens with zero attached hydrogens (tertiary/aromatic N) is 3. The number of pyridine rings is 1. The van der Waals surface area contributed by atoms with Crippen LogP contribution in [0.25, 0.3) is 11.3 Å². The highest BCUT2D eigenvalue weighted by atomic mass is 35.5. The van der Waals surface area contributed by atoms with Gasteiger partial charge >= 0.3 is 0 Å². The summed E-state index contributed by atoms with van der Waals surface area (Å²) in [5, 5.41) is 0.520. The minimum atomic E-state index is 0.249. The van der Waals surface area contributed by atoms with Gasteiger partial charge in [0.2, 0.25) is 0 Å². The average Bonchev–Trinajstić information content (AvgIpc) is 2.33. The van der Waals surface area contributed by atoms with Crippen LogP contribution in [0.3, 0.4) is 0 Å². The smallest absolute Gasteiger partial charge is 0.136 e. The second kappa shape index (κ2) is 5.02. The van der Waals surface area contributed by atoms with E-state index in [-0.39, 0.29) is 5.92 Å². The van der Waals surface area contributed by atoms with E-state index < -0.39 is 0 Å². The number of aromatic nitrogens is 3. The summed E-state index contributed by atoms with van der Waals surface area (Å²) < 4.78 is 0. The van der Waals surface area contributed by atoms with Crippen LogP contribution in [0.4, 0.5) is 0 Å². The molecule has 0 N–H and O–H groups in total. The maximum absolute atomic E-state index is 6.19. The van der Waals surface area contributed by atoms with E-state index in [2.05, 4.69) is 28.8 Å². The van der Waals surface area contributed by atoms with Gasteiger partial charge in [-0.1, -0.05) is 25.4 Å². The third-order valence-electron chi connectivity index (χ3n) is 2.91. The second-order valence-electron chi connectivity index (χ2n) is 4.69. The molecule has 0 saturated heterocycles. The van der Waals surface area contributed by atoms with E-state index in [1.165, 1.54) is 0 Å². The molecule has 0 atom stereocenters. The molecule has 0 aliphatic carbocycles. The molecule has 0 aliphatic heterocycles. The van der Waals surface area contributed by atoms with Crippen molar-refractivity contribution in [3.05, 3.63) is 40.6 Å². The van der Waals surface area contributed by atoms with Crippen LogP contribution >= 0.6 is 11.6 Å². The number of hydrogen-bond donors (Lipinski definition) is 0. The Kier molecular flexibility index (Phi) is 3.62. The van der Waals surface area contributed by atoms with Gasteiger partial charge in [0.15, 0.2) is 0 Å². The summed E-state index contributed by atoms with van der Waals surface area (Å²) in [5.74, 6) is 1.02. The van der Waals surface area contributed by atoms with Crippen LogP contribution in [0.2, 0.25) is 5.15 Å². The van der Waals surface area contributed by atoms with Gasteiger partial charge in [0, 0.05) is 29.4 Å². The second-order valence-corrected chi connectivity index (χ2v) is 5.05. The summed E-state index contributed by atoms with van der Waals surface area (Å²) in [6, 6.07) is 1.97. The van der Waals surface area contributed by atoms with Gasteiger partial charge in [0.25, 0.3) is 0 Å². The molecule has 94 valence electrons. The largest absolute Gasteiger partial charge is 0.264 e. The zero-order chi connectivity index (χ0) is 13.3. The minimum absolute atomic E-state index is 0.249. The number of halogens is 1. The molecule has 4 heteroatoms. The van der Waals surface area contributed by atoms with Gasteiger partial charge < -0.3 is 0 Å². The fourth-order valence-electron chi connectivity index (χ4n) is 1.74. The van der Waals surface area contributed by atoms with E-state index in [9.17, 15) is 0 Å². The third-order valence-corrected chi connectivity index (χ3v) is 3.28. The van der Waals surface area contributed by atoms with Crippen molar-refractivity contribution in [1.82, 2.24) is 15.0 Å². The summed E-state index contributed by atoms with van der Waals surface area (Å²) in [6.45, 7) is 8.09. The Balaban J connectivity index is 2.67. The van der Waals surface area contributed by atoms with E-state index in [0.717, 1.165) is 28.2 Å². The van der Waals surface area contributed by atoms with E-state index in [1.807, 2.05) is 26.1 Å². The van der Waals surface area contributed by atoms with Gasteiger partial charge in [0.05, 0.1) is 5.69 Å². The van der Waals surface area contributed by atoms with Gasteiger partial charge in [0.1, 0.15) is 11.0 Å². The summed E-state index contributed by atoms with van der Waals surface area (Å²) in [5.41, 5.74) is 3.93. The fraction of sp³-hybridized carbons (Fsp3) is 0.357. The van der Waals surface area contributed by atoms with Gasteiger partial charge in [-0.05, 0) is 25.5 Å². The van der Waals surface area contributed by atoms with Gasteiger partial charge in [-0.25, -0.2) is 9.97 Å². The molecule has 2 heterocycles. The first-order valence-electron chi connectivity index (χ1n) is 5.95. The lowest BCUT2D eigenvalue weighted by Gasteiger charge is -2.12. The zero-order valence-electron chi connectivity index (χ0n) is 11.0. The lowest BCUT2D eigenvalue weighted by atomic mass is 10.0. The maximum atomic E-state index is 6.19. The Morgan fingerprint density at radius 3 is 2.50 bits per heavy atom. The van der Waals surface area contributed by atoms with Gasteiger partial charge in [-0.2, -0.15) is 0 Å². The predicted molar refractivity (Wildman–Crippen MR) is 73.8 cm³/mol. The zero-order valence-corrected chi connectivity index (χ0v) is 11.8. The molecule has 2 rings (SSSR count). The number of aryl methyl sites for hydroxylation is 1. The van der Waals surface area contributed by atoms with Crippen molar-refractivity contribution < 1.29 is 0 Å². The summed E-state index contributed by atoms with van der Waals surface area (Å²) in [7, 11) is 0. The average molecular weight is 262 g/mol. The van der Waals surface area contributed by atoms with Crippen molar-refractivity contribution in [1.29, 1.82) is 0 Å². The molecule has 0 amide bonds. The molecular weight excluding hydrogens is 246 g/mol. The molecule has 0 saturated carbocycles. The van der Waals surface area contributed by atoms with Crippen molar-refractivity contribution in [2.45, 2.75) is 33.6 Å². The van der Waals surface area contributed by atoms with E-state index in [1.54, 1.807) is 6.20 Å². The molecule has 0 aromatic carbocycles. The van der Waals surface area contributed by atoms with Crippen molar-refractivity contribution >= 4 is 11.6 Å². The Morgan fingerprint density at radius 1 is 1.17 bits per heavy atom. The first-order valence-corrected chi connectivity index (χ1v) is 6.33. The first kappa shape index (κ1) is 13.0. The lowest BCUT2D eigenvalue weighted by Crippen LogP contribution is -2.03. The Labute approximate surface area is 112 Å². The van der Waals surface area contributed by atoms with Crippen LogP contribution in [-0.4, -0.2) is 15.0 Å². The SMILES string of the molecule is Cc1ccncc1-c1nc(C(C)C)nc(Cl)c1C. The normalized spacial score (nSPS) is 11.0. The molecule has 2 aromatic heterocycles. The summed E-state index contributed by atoms with van der Waals surface area (Å²) in [4.78, 5) is 13.1. The van der Waals surface area contributed by atoms with E-state index >= 15 is 0 Å². The number of rotatable bonds is 2. The fourth-order valence-corrected chi connectivity index (χ4v) is 1.91. The van der Waals surface area contributed by atoms with Crippen LogP contribution in [-0.2, 0) is 0 Å². The summed E-state index contributed by atoms with van der Waals surface area (Å²) >= 11 is 6.19. The highest BCUT2D eigenvalue weighted by Crippen LogP contribution is 2.28. The highest BCUT2D eigenvalue weighted by Gasteiger charge is 2.14. The van der Waals surface area contributed by atoms with E-state index in [4.69, 9.17) is 11.6 Å². The molecule has 0 aliphatic rings. The molecule has 0 spiro atoms. The highest BCUT2D eigenvalue weighted by molar-refractivity contribution is 6.30. The molecule has 0 bridgehead atoms. The first-order chi connectivity index (χ1) is 8.50. The lowest BCUT2D eigenvalue weighted by molar-refractivity contribution is 0.773. The summed E-state index contributed by atoms with van der Waals surface area (Å²) in [6.07, 6.45) is 3.60. The minimum Gasteiger partial charge on any atom is -0.264 e. The third kappa shape index (κ3) is 2.36. The predicted octanol–water partition coefficient (Wildman–Crippen LogP) is 3.93. The van der Waals surface area contributed by atoms with Crippen molar-refractivity contribution in [2.24, 2.45) is 0 Å². The van der Waals surface area contributed by atoms with Crippen LogP contribution in [0.1, 0.15) is 36.7 Å².